The highest BCUT2D eigenvalue weighted by Crippen LogP contribution is 2.25. The van der Waals surface area contributed by atoms with Gasteiger partial charge in [-0.3, -0.25) is 4.79 Å². The molecule has 0 unspecified atom stereocenters. The van der Waals surface area contributed by atoms with Crippen LogP contribution in [0.3, 0.4) is 0 Å². The number of hydrogen-bond donors (Lipinski definition) is 1. The molecule has 0 bridgehead atoms. The van der Waals surface area contributed by atoms with Crippen molar-refractivity contribution >= 4 is 46.5 Å². The summed E-state index contributed by atoms with van der Waals surface area (Å²) in [5, 5.41) is 3.76. The van der Waals surface area contributed by atoms with Gasteiger partial charge in [0.05, 0.1) is 5.75 Å². The van der Waals surface area contributed by atoms with Crippen LogP contribution in [0.4, 0.5) is 17.2 Å². The van der Waals surface area contributed by atoms with Crippen molar-refractivity contribution in [2.24, 2.45) is 0 Å². The van der Waals surface area contributed by atoms with Crippen LogP contribution in [-0.2, 0) is 4.79 Å². The summed E-state index contributed by atoms with van der Waals surface area (Å²) in [6.07, 6.45) is 0. The molecule has 0 saturated carbocycles. The quantitative estimate of drug-likeness (QED) is 0.337. The second-order valence-electron chi connectivity index (χ2n) is 7.29. The molecule has 6 nitrogen and oxygen atoms in total. The van der Waals surface area contributed by atoms with Gasteiger partial charge in [0.25, 0.3) is 0 Å². The van der Waals surface area contributed by atoms with Crippen molar-refractivity contribution in [3.05, 3.63) is 71.4 Å². The van der Waals surface area contributed by atoms with Gasteiger partial charge in [-0.05, 0) is 30.7 Å². The first-order chi connectivity index (χ1) is 15.1. The Morgan fingerprint density at radius 1 is 1.00 bits per heavy atom. The van der Waals surface area contributed by atoms with Crippen molar-refractivity contribution in [3.8, 4) is 0 Å². The summed E-state index contributed by atoms with van der Waals surface area (Å²) in [7, 11) is 0. The number of nitrogens with one attached hydrogen (secondary N) is 1. The van der Waals surface area contributed by atoms with Crippen molar-refractivity contribution in [2.45, 2.75) is 12.1 Å². The van der Waals surface area contributed by atoms with E-state index < -0.39 is 0 Å². The zero-order valence-corrected chi connectivity index (χ0v) is 18.9. The Morgan fingerprint density at radius 2 is 1.68 bits per heavy atom. The second-order valence-corrected chi connectivity index (χ2v) is 8.62. The molecule has 160 valence electrons. The molecule has 1 amide bonds. The average molecular weight is 454 g/mol. The first-order valence-corrected chi connectivity index (χ1v) is 11.5. The van der Waals surface area contributed by atoms with Gasteiger partial charge in [-0.1, -0.05) is 59.8 Å². The van der Waals surface area contributed by atoms with Crippen molar-refractivity contribution < 1.29 is 4.79 Å². The Kier molecular flexibility index (Phi) is 6.94. The Bertz CT molecular complexity index is 1040. The third-order valence-corrected chi connectivity index (χ3v) is 6.15. The van der Waals surface area contributed by atoms with E-state index in [1.54, 1.807) is 6.07 Å². The molecule has 1 N–H and O–H groups in total. The summed E-state index contributed by atoms with van der Waals surface area (Å²) in [4.78, 5) is 25.8. The molecule has 0 aliphatic carbocycles. The van der Waals surface area contributed by atoms with E-state index in [-0.39, 0.29) is 11.7 Å². The van der Waals surface area contributed by atoms with Gasteiger partial charge in [-0.25, -0.2) is 9.97 Å². The summed E-state index contributed by atoms with van der Waals surface area (Å²) in [6.45, 7) is 5.66. The fourth-order valence-electron chi connectivity index (χ4n) is 3.56. The number of amides is 1. The van der Waals surface area contributed by atoms with Gasteiger partial charge in [0.2, 0.25) is 5.91 Å². The Balaban J connectivity index is 1.36. The minimum absolute atomic E-state index is 0.104. The number of anilines is 3. The Morgan fingerprint density at radius 3 is 2.42 bits per heavy atom. The normalized spacial score (nSPS) is 13.9. The summed E-state index contributed by atoms with van der Waals surface area (Å²) in [6, 6.07) is 19.6. The molecular formula is C23H24ClN5OS. The van der Waals surface area contributed by atoms with E-state index in [2.05, 4.69) is 56.3 Å². The van der Waals surface area contributed by atoms with Gasteiger partial charge in [-0.2, -0.15) is 0 Å². The molecule has 2 heterocycles. The topological polar surface area (TPSA) is 61.4 Å². The van der Waals surface area contributed by atoms with Gasteiger partial charge in [0.15, 0.2) is 5.16 Å². The molecule has 0 atom stereocenters. The van der Waals surface area contributed by atoms with E-state index >= 15 is 0 Å². The minimum atomic E-state index is -0.104. The predicted molar refractivity (Wildman–Crippen MR) is 128 cm³/mol. The number of benzene rings is 2. The maximum Gasteiger partial charge on any atom is 0.234 e. The standard InChI is InChI=1S/C23H24ClN5OS/c1-17-7-5-6-10-19(17)28-11-13-29(14-12-28)21-15-20(24)26-23(27-21)31-16-22(30)25-18-8-3-2-4-9-18/h2-10,15H,11-14,16H2,1H3,(H,25,30). The molecule has 8 heteroatoms. The van der Waals surface area contributed by atoms with E-state index in [0.717, 1.165) is 37.7 Å². The number of hydrogen-bond acceptors (Lipinski definition) is 6. The van der Waals surface area contributed by atoms with E-state index in [1.165, 1.54) is 23.0 Å². The molecule has 1 aliphatic heterocycles. The van der Waals surface area contributed by atoms with E-state index in [4.69, 9.17) is 11.6 Å². The SMILES string of the molecule is Cc1ccccc1N1CCN(c2cc(Cl)nc(SCC(=O)Nc3ccccc3)n2)CC1. The Labute approximate surface area is 191 Å². The van der Waals surface area contributed by atoms with Gasteiger partial charge in [0, 0.05) is 43.6 Å². The maximum absolute atomic E-state index is 12.2. The molecule has 2 aromatic carbocycles. The molecule has 31 heavy (non-hydrogen) atoms. The molecule has 1 fully saturated rings. The first kappa shape index (κ1) is 21.5. The van der Waals surface area contributed by atoms with Gasteiger partial charge < -0.3 is 15.1 Å². The lowest BCUT2D eigenvalue weighted by Gasteiger charge is -2.37. The van der Waals surface area contributed by atoms with Crippen molar-refractivity contribution in [3.63, 3.8) is 0 Å². The number of piperazine rings is 1. The smallest absolute Gasteiger partial charge is 0.234 e. The molecule has 0 radical (unpaired) electrons. The molecule has 3 aromatic rings. The molecule has 1 aromatic heterocycles. The highest BCUT2D eigenvalue weighted by Gasteiger charge is 2.20. The van der Waals surface area contributed by atoms with Crippen LogP contribution in [-0.4, -0.2) is 47.8 Å². The van der Waals surface area contributed by atoms with Crippen LogP contribution in [0, 0.1) is 6.92 Å². The minimum Gasteiger partial charge on any atom is -0.368 e. The van der Waals surface area contributed by atoms with Crippen molar-refractivity contribution in [1.82, 2.24) is 9.97 Å². The number of carbonyl (C=O) groups is 1. The van der Waals surface area contributed by atoms with E-state index in [1.807, 2.05) is 30.3 Å². The summed E-state index contributed by atoms with van der Waals surface area (Å²) in [5.41, 5.74) is 3.34. The van der Waals surface area contributed by atoms with Crippen LogP contribution < -0.4 is 15.1 Å². The zero-order chi connectivity index (χ0) is 21.6. The molecule has 4 rings (SSSR count). The van der Waals surface area contributed by atoms with Crippen LogP contribution >= 0.6 is 23.4 Å². The van der Waals surface area contributed by atoms with E-state index in [9.17, 15) is 4.79 Å². The molecule has 1 aliphatic rings. The number of carbonyl (C=O) groups excluding carboxylic acids is 1. The summed E-state index contributed by atoms with van der Waals surface area (Å²) in [5.74, 6) is 0.916. The largest absolute Gasteiger partial charge is 0.368 e. The lowest BCUT2D eigenvalue weighted by atomic mass is 10.1. The van der Waals surface area contributed by atoms with Gasteiger partial charge in [0.1, 0.15) is 11.0 Å². The number of nitrogens with zero attached hydrogens (tertiary/aromatic N) is 4. The third kappa shape index (κ3) is 5.68. The number of rotatable bonds is 6. The van der Waals surface area contributed by atoms with Gasteiger partial charge in [-0.15, -0.1) is 0 Å². The van der Waals surface area contributed by atoms with Crippen LogP contribution in [0.5, 0.6) is 0 Å². The number of halogens is 1. The van der Waals surface area contributed by atoms with Crippen LogP contribution in [0.15, 0.2) is 65.8 Å². The lowest BCUT2D eigenvalue weighted by molar-refractivity contribution is -0.113. The highest BCUT2D eigenvalue weighted by atomic mass is 35.5. The monoisotopic (exact) mass is 453 g/mol. The number of para-hydroxylation sites is 2. The maximum atomic E-state index is 12.2. The summed E-state index contributed by atoms with van der Waals surface area (Å²) < 4.78 is 0. The number of aryl methyl sites for hydroxylation is 1. The van der Waals surface area contributed by atoms with E-state index in [0.29, 0.717) is 10.3 Å². The predicted octanol–water partition coefficient (Wildman–Crippen LogP) is 4.50. The van der Waals surface area contributed by atoms with Crippen LogP contribution in [0.1, 0.15) is 5.56 Å². The Hall–Kier alpha value is -2.77. The van der Waals surface area contributed by atoms with Crippen LogP contribution in [0.25, 0.3) is 0 Å². The average Bonchev–Trinajstić information content (AvgIpc) is 2.79. The van der Waals surface area contributed by atoms with Crippen molar-refractivity contribution in [1.29, 1.82) is 0 Å². The first-order valence-electron chi connectivity index (χ1n) is 10.2. The lowest BCUT2D eigenvalue weighted by Crippen LogP contribution is -2.47. The molecule has 0 spiro atoms. The number of thioether (sulfide) groups is 1. The second kappa shape index (κ2) is 10.0. The fourth-order valence-corrected chi connectivity index (χ4v) is 4.44. The summed E-state index contributed by atoms with van der Waals surface area (Å²) >= 11 is 7.54. The number of aromatic nitrogens is 2. The highest BCUT2D eigenvalue weighted by molar-refractivity contribution is 7.99. The van der Waals surface area contributed by atoms with Gasteiger partial charge >= 0.3 is 0 Å². The zero-order valence-electron chi connectivity index (χ0n) is 17.3. The van der Waals surface area contributed by atoms with Crippen molar-refractivity contribution in [2.75, 3.05) is 47.0 Å². The fraction of sp³-hybridized carbons (Fsp3) is 0.261. The molecule has 1 saturated heterocycles. The third-order valence-electron chi connectivity index (χ3n) is 5.11. The van der Waals surface area contributed by atoms with Crippen LogP contribution in [0.2, 0.25) is 5.15 Å². The molecular weight excluding hydrogens is 430 g/mol.